The van der Waals surface area contributed by atoms with E-state index < -0.39 is 0 Å². The number of nitrogens with zero attached hydrogens (tertiary/aromatic N) is 7. The third kappa shape index (κ3) is 3.71. The molecule has 5 rings (SSSR count). The van der Waals surface area contributed by atoms with Gasteiger partial charge in [-0.1, -0.05) is 19.1 Å². The average molecular weight is 448 g/mol. The number of fused-ring (bicyclic) bond motifs is 1. The van der Waals surface area contributed by atoms with Crippen LogP contribution in [0.15, 0.2) is 43.1 Å². The molecule has 1 atom stereocenters. The highest BCUT2D eigenvalue weighted by Crippen LogP contribution is 2.30. The molecular weight excluding hydrogens is 422 g/mol. The minimum Gasteiger partial charge on any atom is -0.303 e. The van der Waals surface area contributed by atoms with Crippen molar-refractivity contribution < 1.29 is 0 Å². The van der Waals surface area contributed by atoms with Gasteiger partial charge < -0.3 is 5.32 Å². The molecule has 5 aromatic heterocycles. The van der Waals surface area contributed by atoms with Gasteiger partial charge in [0.05, 0.1) is 34.7 Å². The Bertz CT molecular complexity index is 1340. The van der Waals surface area contributed by atoms with Crippen molar-refractivity contribution in [2.24, 2.45) is 5.92 Å². The van der Waals surface area contributed by atoms with Gasteiger partial charge in [-0.05, 0) is 43.5 Å². The van der Waals surface area contributed by atoms with E-state index >= 15 is 0 Å². The van der Waals surface area contributed by atoms with Crippen LogP contribution in [0.1, 0.15) is 41.8 Å². The second kappa shape index (κ2) is 8.29. The molecule has 2 N–H and O–H groups in total. The van der Waals surface area contributed by atoms with E-state index in [1.807, 2.05) is 17.8 Å². The highest BCUT2D eigenvalue weighted by atomic mass is 32.1. The zero-order valence-corrected chi connectivity index (χ0v) is 19.3. The SMILES string of the molecule is Cc1ccc(-c2cnc3c(-n4nncc4C)cc(CNC(c4ncn[nH]4)C(C)C)cn23)s1. The van der Waals surface area contributed by atoms with Crippen LogP contribution in [0.4, 0.5) is 0 Å². The first kappa shape index (κ1) is 20.5. The number of hydrogen-bond acceptors (Lipinski definition) is 7. The van der Waals surface area contributed by atoms with Gasteiger partial charge in [0.2, 0.25) is 0 Å². The largest absolute Gasteiger partial charge is 0.303 e. The van der Waals surface area contributed by atoms with Gasteiger partial charge >= 0.3 is 0 Å². The highest BCUT2D eigenvalue weighted by molar-refractivity contribution is 7.15. The van der Waals surface area contributed by atoms with E-state index in [9.17, 15) is 0 Å². The van der Waals surface area contributed by atoms with Crippen LogP contribution in [-0.2, 0) is 6.54 Å². The molecule has 164 valence electrons. The first-order valence-electron chi connectivity index (χ1n) is 10.5. The molecule has 9 nitrogen and oxygen atoms in total. The van der Waals surface area contributed by atoms with E-state index in [0.717, 1.165) is 34.1 Å². The molecule has 32 heavy (non-hydrogen) atoms. The van der Waals surface area contributed by atoms with Crippen LogP contribution in [0.5, 0.6) is 0 Å². The maximum absolute atomic E-state index is 4.74. The van der Waals surface area contributed by atoms with Crippen LogP contribution in [-0.4, -0.2) is 39.6 Å². The van der Waals surface area contributed by atoms with E-state index in [1.54, 1.807) is 23.9 Å². The summed E-state index contributed by atoms with van der Waals surface area (Å²) in [6, 6.07) is 6.47. The van der Waals surface area contributed by atoms with Gasteiger partial charge in [0.25, 0.3) is 0 Å². The second-order valence-corrected chi connectivity index (χ2v) is 9.53. The molecule has 0 aliphatic carbocycles. The molecule has 0 spiro atoms. The molecule has 0 saturated carbocycles. The van der Waals surface area contributed by atoms with Crippen molar-refractivity contribution in [2.45, 2.75) is 40.3 Å². The van der Waals surface area contributed by atoms with E-state index in [-0.39, 0.29) is 6.04 Å². The fraction of sp³-hybridized carbons (Fsp3) is 0.318. The zero-order chi connectivity index (χ0) is 22.2. The quantitative estimate of drug-likeness (QED) is 0.393. The van der Waals surface area contributed by atoms with E-state index in [1.165, 1.54) is 9.75 Å². The molecule has 0 aliphatic heterocycles. The summed E-state index contributed by atoms with van der Waals surface area (Å²) in [6.45, 7) is 9.10. The van der Waals surface area contributed by atoms with Gasteiger partial charge in [0.15, 0.2) is 5.65 Å². The number of pyridine rings is 1. The Hall–Kier alpha value is -3.37. The van der Waals surface area contributed by atoms with Crippen LogP contribution >= 0.6 is 11.3 Å². The van der Waals surface area contributed by atoms with Crippen molar-refractivity contribution in [2.75, 3.05) is 0 Å². The highest BCUT2D eigenvalue weighted by Gasteiger charge is 2.20. The fourth-order valence-electron chi connectivity index (χ4n) is 3.90. The minimum atomic E-state index is 0.0620. The molecule has 0 fully saturated rings. The number of H-pyrrole nitrogens is 1. The summed E-state index contributed by atoms with van der Waals surface area (Å²) in [4.78, 5) is 11.5. The number of imidazole rings is 1. The molecule has 0 radical (unpaired) electrons. The Kier molecular flexibility index (Phi) is 5.32. The average Bonchev–Trinajstić information content (AvgIpc) is 3.54. The predicted molar refractivity (Wildman–Crippen MR) is 124 cm³/mol. The number of aromatic nitrogens is 8. The van der Waals surface area contributed by atoms with Crippen LogP contribution in [0, 0.1) is 19.8 Å². The third-order valence-electron chi connectivity index (χ3n) is 5.50. The van der Waals surface area contributed by atoms with Crippen LogP contribution in [0.2, 0.25) is 0 Å². The molecule has 0 bridgehead atoms. The molecule has 0 amide bonds. The van der Waals surface area contributed by atoms with Gasteiger partial charge in [-0.15, -0.1) is 16.4 Å². The normalized spacial score (nSPS) is 12.8. The van der Waals surface area contributed by atoms with E-state index in [4.69, 9.17) is 4.98 Å². The number of nitrogens with one attached hydrogen (secondary N) is 2. The number of thiophene rings is 1. The first-order valence-corrected chi connectivity index (χ1v) is 11.4. The van der Waals surface area contributed by atoms with Crippen molar-refractivity contribution in [1.29, 1.82) is 0 Å². The van der Waals surface area contributed by atoms with Crippen LogP contribution in [0.3, 0.4) is 0 Å². The summed E-state index contributed by atoms with van der Waals surface area (Å²) >= 11 is 1.76. The van der Waals surface area contributed by atoms with Crippen molar-refractivity contribution >= 4 is 17.0 Å². The number of aryl methyl sites for hydroxylation is 2. The van der Waals surface area contributed by atoms with Gasteiger partial charge in [-0.3, -0.25) is 9.50 Å². The lowest BCUT2D eigenvalue weighted by molar-refractivity contribution is 0.393. The molecular formula is C22H25N9S. The summed E-state index contributed by atoms with van der Waals surface area (Å²) < 4.78 is 3.99. The molecule has 1 unspecified atom stereocenters. The standard InChI is InChI=1S/C22H25N9S/c1-13(2)20(21-25-12-27-28-21)23-9-16-7-17(31-14(3)8-26-29-31)22-24-10-18(30(22)11-16)19-6-5-15(4)32-19/h5-8,10-13,20,23H,9H2,1-4H3,(H,25,27,28). The Labute approximate surface area is 189 Å². The Morgan fingerprint density at radius 1 is 1.16 bits per heavy atom. The molecule has 10 heteroatoms. The van der Waals surface area contributed by atoms with Crippen LogP contribution < -0.4 is 5.32 Å². The van der Waals surface area contributed by atoms with Gasteiger partial charge in [0, 0.05) is 17.6 Å². The Morgan fingerprint density at radius 2 is 2.03 bits per heavy atom. The summed E-state index contributed by atoms with van der Waals surface area (Å²) in [5.74, 6) is 1.19. The smallest absolute Gasteiger partial charge is 0.163 e. The van der Waals surface area contributed by atoms with Crippen molar-refractivity contribution in [1.82, 2.24) is 44.9 Å². The van der Waals surface area contributed by atoms with E-state index in [0.29, 0.717) is 12.5 Å². The monoisotopic (exact) mass is 447 g/mol. The molecule has 5 heterocycles. The Morgan fingerprint density at radius 3 is 2.69 bits per heavy atom. The molecule has 5 aromatic rings. The van der Waals surface area contributed by atoms with Gasteiger partial charge in [-0.25, -0.2) is 14.6 Å². The lowest BCUT2D eigenvalue weighted by Gasteiger charge is -2.20. The van der Waals surface area contributed by atoms with Gasteiger partial charge in [-0.2, -0.15) is 5.10 Å². The minimum absolute atomic E-state index is 0.0620. The Balaban J connectivity index is 1.58. The number of rotatable bonds is 7. The number of aromatic amines is 1. The summed E-state index contributed by atoms with van der Waals surface area (Å²) in [7, 11) is 0. The van der Waals surface area contributed by atoms with Crippen LogP contribution in [0.25, 0.3) is 21.9 Å². The predicted octanol–water partition coefficient (Wildman–Crippen LogP) is 3.87. The summed E-state index contributed by atoms with van der Waals surface area (Å²) in [6.07, 6.45) is 7.38. The van der Waals surface area contributed by atoms with Crippen molar-refractivity contribution in [3.05, 3.63) is 65.1 Å². The van der Waals surface area contributed by atoms with E-state index in [2.05, 4.69) is 80.4 Å². The lowest BCUT2D eigenvalue weighted by Crippen LogP contribution is -2.26. The fourth-order valence-corrected chi connectivity index (χ4v) is 4.77. The number of hydrogen-bond donors (Lipinski definition) is 2. The van der Waals surface area contributed by atoms with Crippen molar-refractivity contribution in [3.63, 3.8) is 0 Å². The third-order valence-corrected chi connectivity index (χ3v) is 6.53. The van der Waals surface area contributed by atoms with Gasteiger partial charge in [0.1, 0.15) is 17.8 Å². The molecule has 0 aliphatic rings. The summed E-state index contributed by atoms with van der Waals surface area (Å²) in [5, 5.41) is 19.0. The van der Waals surface area contributed by atoms with Crippen molar-refractivity contribution in [3.8, 4) is 16.3 Å². The maximum Gasteiger partial charge on any atom is 0.163 e. The first-order chi connectivity index (χ1) is 15.5. The zero-order valence-electron chi connectivity index (χ0n) is 18.4. The second-order valence-electron chi connectivity index (χ2n) is 8.24. The molecule has 0 aromatic carbocycles. The lowest BCUT2D eigenvalue weighted by atomic mass is 10.0. The topological polar surface area (TPSA) is 102 Å². The molecule has 0 saturated heterocycles. The maximum atomic E-state index is 4.74. The summed E-state index contributed by atoms with van der Waals surface area (Å²) in [5.41, 5.74) is 4.88.